The molecule has 3 N–H and O–H groups in total. The lowest BCUT2D eigenvalue weighted by atomic mass is 10.0. The minimum absolute atomic E-state index is 0.0765. The first-order valence-electron chi connectivity index (χ1n) is 12.9. The summed E-state index contributed by atoms with van der Waals surface area (Å²) in [6, 6.07) is 2.75. The molecule has 0 spiro atoms. The highest BCUT2D eigenvalue weighted by atomic mass is 79.9. The molecule has 41 heavy (non-hydrogen) atoms. The topological polar surface area (TPSA) is 162 Å². The molecule has 2 aliphatic rings. The number of pyridine rings is 2. The lowest BCUT2D eigenvalue weighted by Gasteiger charge is -2.27. The van der Waals surface area contributed by atoms with E-state index in [-0.39, 0.29) is 46.2 Å². The van der Waals surface area contributed by atoms with Crippen LogP contribution in [0.2, 0.25) is 0 Å². The fraction of sp³-hybridized carbons (Fsp3) is 0.333. The van der Waals surface area contributed by atoms with E-state index < -0.39 is 23.7 Å². The minimum Gasteiger partial charge on any atom is -0.364 e. The molecule has 3 atom stereocenters. The average Bonchev–Trinajstić information content (AvgIpc) is 3.28. The maximum atomic E-state index is 15.7. The van der Waals surface area contributed by atoms with Gasteiger partial charge in [-0.2, -0.15) is 5.10 Å². The molecule has 0 radical (unpaired) electrons. The summed E-state index contributed by atoms with van der Waals surface area (Å²) in [6.45, 7) is 5.22. The molecule has 14 heteroatoms. The van der Waals surface area contributed by atoms with Crippen molar-refractivity contribution in [3.63, 3.8) is 0 Å². The number of amides is 3. The lowest BCUT2D eigenvalue weighted by Crippen LogP contribution is -2.47. The zero-order valence-electron chi connectivity index (χ0n) is 22.4. The van der Waals surface area contributed by atoms with Gasteiger partial charge in [-0.3, -0.25) is 24.0 Å². The van der Waals surface area contributed by atoms with Crippen LogP contribution in [-0.4, -0.2) is 64.4 Å². The molecule has 3 amide bonds. The molecular formula is C27H25BrFN9O3. The number of aryl methyl sites for hydroxylation is 2. The van der Waals surface area contributed by atoms with E-state index in [9.17, 15) is 14.4 Å². The van der Waals surface area contributed by atoms with Crippen LogP contribution in [0.25, 0.3) is 22.2 Å². The first-order valence-corrected chi connectivity index (χ1v) is 13.6. The highest BCUT2D eigenvalue weighted by Crippen LogP contribution is 2.59. The summed E-state index contributed by atoms with van der Waals surface area (Å²) in [7, 11) is 0. The number of fused-ring (bicyclic) bond motifs is 2. The molecule has 1 saturated carbocycles. The fourth-order valence-corrected chi connectivity index (χ4v) is 5.84. The number of carbonyl (C=O) groups excluding carboxylic acids is 3. The van der Waals surface area contributed by atoms with Gasteiger partial charge in [0, 0.05) is 24.0 Å². The van der Waals surface area contributed by atoms with Gasteiger partial charge in [0.05, 0.1) is 17.1 Å². The normalized spacial score (nSPS) is 21.1. The average molecular weight is 622 g/mol. The van der Waals surface area contributed by atoms with Crippen LogP contribution < -0.4 is 11.1 Å². The molecule has 1 aliphatic heterocycles. The molecule has 1 saturated heterocycles. The van der Waals surface area contributed by atoms with Gasteiger partial charge in [-0.15, -0.1) is 0 Å². The maximum Gasteiger partial charge on any atom is 0.269 e. The van der Waals surface area contributed by atoms with Crippen LogP contribution in [-0.2, 0) is 16.1 Å². The molecule has 4 aromatic heterocycles. The van der Waals surface area contributed by atoms with Gasteiger partial charge in [-0.1, -0.05) is 13.0 Å². The number of nitrogens with two attached hydrogens (primary N) is 1. The predicted molar refractivity (Wildman–Crippen MR) is 149 cm³/mol. The van der Waals surface area contributed by atoms with Crippen molar-refractivity contribution >= 4 is 50.4 Å². The zero-order chi connectivity index (χ0) is 29.2. The Kier molecular flexibility index (Phi) is 6.32. The first-order chi connectivity index (χ1) is 19.5. The molecule has 2 fully saturated rings. The van der Waals surface area contributed by atoms with Crippen molar-refractivity contribution in [2.24, 2.45) is 11.1 Å². The van der Waals surface area contributed by atoms with E-state index >= 15 is 4.39 Å². The van der Waals surface area contributed by atoms with Gasteiger partial charge in [0.25, 0.3) is 5.91 Å². The summed E-state index contributed by atoms with van der Waals surface area (Å²) in [4.78, 5) is 57.6. The molecule has 0 unspecified atom stereocenters. The van der Waals surface area contributed by atoms with Crippen molar-refractivity contribution in [2.45, 2.75) is 52.2 Å². The number of hydrogen-bond acceptors (Lipinski definition) is 8. The zero-order valence-corrected chi connectivity index (χ0v) is 23.9. The van der Waals surface area contributed by atoms with Crippen LogP contribution in [0.1, 0.15) is 41.6 Å². The Morgan fingerprint density at radius 3 is 2.59 bits per heavy atom. The number of piperidine rings is 1. The van der Waals surface area contributed by atoms with Gasteiger partial charge in [-0.05, 0) is 59.7 Å². The molecular weight excluding hydrogens is 597 g/mol. The number of rotatable bonds is 6. The number of anilines is 1. The van der Waals surface area contributed by atoms with E-state index in [2.05, 4.69) is 46.3 Å². The van der Waals surface area contributed by atoms with E-state index in [0.717, 1.165) is 12.0 Å². The summed E-state index contributed by atoms with van der Waals surface area (Å²) < 4.78 is 17.5. The Bertz CT molecular complexity index is 1760. The fourth-order valence-electron chi connectivity index (χ4n) is 5.53. The van der Waals surface area contributed by atoms with E-state index in [1.807, 2.05) is 19.9 Å². The summed E-state index contributed by atoms with van der Waals surface area (Å²) in [5, 5.41) is 6.89. The molecule has 1 aliphatic carbocycles. The van der Waals surface area contributed by atoms with Crippen molar-refractivity contribution < 1.29 is 18.8 Å². The number of likely N-dealkylation sites (tertiary alicyclic amines) is 1. The van der Waals surface area contributed by atoms with E-state index in [1.54, 1.807) is 17.9 Å². The van der Waals surface area contributed by atoms with Crippen LogP contribution in [0.5, 0.6) is 0 Å². The monoisotopic (exact) mass is 621 g/mol. The second-order valence-electron chi connectivity index (χ2n) is 10.8. The van der Waals surface area contributed by atoms with Crippen LogP contribution in [0, 0.1) is 25.1 Å². The van der Waals surface area contributed by atoms with Crippen molar-refractivity contribution in [1.29, 1.82) is 0 Å². The third kappa shape index (κ3) is 4.61. The maximum absolute atomic E-state index is 15.7. The Labute approximate surface area is 241 Å². The summed E-state index contributed by atoms with van der Waals surface area (Å²) >= 11 is 3.32. The smallest absolute Gasteiger partial charge is 0.269 e. The minimum atomic E-state index is -0.956. The van der Waals surface area contributed by atoms with Crippen molar-refractivity contribution in [2.75, 3.05) is 5.32 Å². The van der Waals surface area contributed by atoms with Crippen molar-refractivity contribution in [3.8, 4) is 11.3 Å². The van der Waals surface area contributed by atoms with Gasteiger partial charge in [0.1, 0.15) is 34.5 Å². The molecule has 0 bridgehead atoms. The highest BCUT2D eigenvalue weighted by molar-refractivity contribution is 9.10. The molecule has 5 heterocycles. The van der Waals surface area contributed by atoms with Crippen molar-refractivity contribution in [1.82, 2.24) is 34.6 Å². The third-order valence-corrected chi connectivity index (χ3v) is 8.28. The molecule has 12 nitrogen and oxygen atoms in total. The number of primary amides is 1. The summed E-state index contributed by atoms with van der Waals surface area (Å²) in [6.07, 6.45) is 5.44. The number of aromatic nitrogens is 6. The molecule has 210 valence electrons. The SMILES string of the molecule is Cc1ncc(-c2ncc3c(c(C(N)=O)nn3CC(=O)N3[C@H](C(=O)Nc4nc(Br)ccc4C)C[C@@]4(C)C[C@@H]34)c2F)cn1. The van der Waals surface area contributed by atoms with Gasteiger partial charge in [-0.25, -0.2) is 19.3 Å². The molecule has 6 rings (SSSR count). The van der Waals surface area contributed by atoms with Crippen LogP contribution >= 0.6 is 15.9 Å². The van der Waals surface area contributed by atoms with Gasteiger partial charge < -0.3 is 16.0 Å². The second kappa shape index (κ2) is 9.65. The quantitative estimate of drug-likeness (QED) is 0.310. The van der Waals surface area contributed by atoms with E-state index in [4.69, 9.17) is 5.73 Å². The molecule has 4 aromatic rings. The van der Waals surface area contributed by atoms with Gasteiger partial charge in [0.15, 0.2) is 11.5 Å². The number of halogens is 2. The largest absolute Gasteiger partial charge is 0.364 e. The first kappa shape index (κ1) is 26.9. The highest BCUT2D eigenvalue weighted by Gasteiger charge is 2.64. The third-order valence-electron chi connectivity index (χ3n) is 7.84. The van der Waals surface area contributed by atoms with Crippen LogP contribution in [0.3, 0.4) is 0 Å². The summed E-state index contributed by atoms with van der Waals surface area (Å²) in [5.41, 5.74) is 6.17. The Balaban J connectivity index is 1.32. The number of carbonyl (C=O) groups is 3. The lowest BCUT2D eigenvalue weighted by molar-refractivity contribution is -0.138. The van der Waals surface area contributed by atoms with E-state index in [0.29, 0.717) is 28.2 Å². The number of nitrogens with zero attached hydrogens (tertiary/aromatic N) is 7. The number of hydrogen-bond donors (Lipinski definition) is 2. The second-order valence-corrected chi connectivity index (χ2v) is 11.6. The van der Waals surface area contributed by atoms with Crippen LogP contribution in [0.4, 0.5) is 10.2 Å². The van der Waals surface area contributed by atoms with Gasteiger partial charge in [0.2, 0.25) is 11.8 Å². The van der Waals surface area contributed by atoms with Gasteiger partial charge >= 0.3 is 0 Å². The van der Waals surface area contributed by atoms with E-state index in [1.165, 1.54) is 23.3 Å². The predicted octanol–water partition coefficient (Wildman–Crippen LogP) is 2.92. The van der Waals surface area contributed by atoms with Crippen molar-refractivity contribution in [3.05, 3.63) is 58.2 Å². The van der Waals surface area contributed by atoms with Crippen LogP contribution in [0.15, 0.2) is 35.3 Å². The Morgan fingerprint density at radius 2 is 1.88 bits per heavy atom. The Hall–Kier alpha value is -4.33. The number of nitrogens with one attached hydrogen (secondary N) is 1. The summed E-state index contributed by atoms with van der Waals surface area (Å²) in [5.74, 6) is -1.62. The molecule has 0 aromatic carbocycles. The standard InChI is InChI=1S/C27H25BrFN9O3/c1-12-4-5-18(28)34-25(12)35-26(41)15-6-27(3)7-17(27)38(15)19(39)11-37-16-10-33-22(14-8-31-13(2)32-9-14)21(29)20(16)23(36-37)24(30)40/h4-5,8-10,15,17H,6-7,11H2,1-3H3,(H2,30,40)(H,34,35,41)/t15-,17+,27-/m0/s1. The Morgan fingerprint density at radius 1 is 1.15 bits per heavy atom.